The van der Waals surface area contributed by atoms with Crippen molar-refractivity contribution in [1.82, 2.24) is 0 Å². The number of rotatable bonds is 3. The Balaban J connectivity index is 3.34. The molecule has 0 fully saturated rings. The van der Waals surface area contributed by atoms with Gasteiger partial charge in [0.2, 0.25) is 0 Å². The van der Waals surface area contributed by atoms with Gasteiger partial charge in [0.05, 0.1) is 6.61 Å². The van der Waals surface area contributed by atoms with E-state index < -0.39 is 13.0 Å². The van der Waals surface area contributed by atoms with Crippen molar-refractivity contribution in [2.24, 2.45) is 16.7 Å². The normalized spacial score (nSPS) is 13.4. The third-order valence-corrected chi connectivity index (χ3v) is 1.50. The number of thioether (sulfide) groups is 1. The molecular weight excluding hydrogens is 195 g/mol. The molecule has 4 nitrogen and oxygen atoms in total. The Hall–Kier alpha value is -0.630. The van der Waals surface area contributed by atoms with E-state index in [0.717, 1.165) is 11.8 Å². The zero-order valence-corrected chi connectivity index (χ0v) is 6.78. The minimum atomic E-state index is -4.59. The molecule has 0 bridgehead atoms. The first-order chi connectivity index (χ1) is 5.45. The third-order valence-electron chi connectivity index (χ3n) is 0.726. The predicted octanol–water partition coefficient (Wildman–Crippen LogP) is 0.444. The highest BCUT2D eigenvalue weighted by atomic mass is 32.2. The van der Waals surface area contributed by atoms with Gasteiger partial charge in [-0.15, -0.1) is 13.2 Å². The monoisotopic (exact) mass is 203 g/mol. The summed E-state index contributed by atoms with van der Waals surface area (Å²) >= 11 is 0.895. The van der Waals surface area contributed by atoms with E-state index in [1.807, 2.05) is 0 Å². The molecule has 0 amide bonds. The smallest absolute Gasteiger partial charge is 0.377 e. The minimum absolute atomic E-state index is 0.0285. The van der Waals surface area contributed by atoms with Crippen molar-refractivity contribution in [2.45, 2.75) is 6.36 Å². The lowest BCUT2D eigenvalue weighted by atomic mass is 10.9. The average molecular weight is 203 g/mol. The van der Waals surface area contributed by atoms with Crippen LogP contribution in [0.25, 0.3) is 0 Å². The number of hydrazone groups is 1. The van der Waals surface area contributed by atoms with E-state index in [9.17, 15) is 13.2 Å². The standard InChI is InChI=1S/C4H8F3N3OS/c5-4(6,7)11-1-2-12-3(8)10-9/h1-2,9H2,(H2,8,10). The number of amidine groups is 1. The SMILES string of the molecule is NN=C(N)SCCOC(F)(F)F. The Kier molecular flexibility index (Phi) is 4.83. The summed E-state index contributed by atoms with van der Waals surface area (Å²) in [5.41, 5.74) is 5.07. The fraction of sp³-hybridized carbons (Fsp3) is 0.750. The Labute approximate surface area is 71.1 Å². The van der Waals surface area contributed by atoms with Crippen LogP contribution in [-0.4, -0.2) is 23.9 Å². The van der Waals surface area contributed by atoms with E-state index in [2.05, 4.69) is 9.84 Å². The summed E-state index contributed by atoms with van der Waals surface area (Å²) in [6, 6.07) is 0. The van der Waals surface area contributed by atoms with Gasteiger partial charge in [-0.3, -0.25) is 4.74 Å². The molecule has 4 N–H and O–H groups in total. The summed E-state index contributed by atoms with van der Waals surface area (Å²) in [4.78, 5) is 0. The number of ether oxygens (including phenoxy) is 1. The molecule has 8 heteroatoms. The van der Waals surface area contributed by atoms with Crippen LogP contribution in [0.2, 0.25) is 0 Å². The maximum Gasteiger partial charge on any atom is 0.522 e. The summed E-state index contributed by atoms with van der Waals surface area (Å²) in [6.45, 7) is -0.468. The first-order valence-electron chi connectivity index (χ1n) is 2.82. The van der Waals surface area contributed by atoms with Crippen molar-refractivity contribution < 1.29 is 17.9 Å². The molecule has 0 aliphatic heterocycles. The molecule has 0 spiro atoms. The van der Waals surface area contributed by atoms with E-state index in [-0.39, 0.29) is 10.9 Å². The largest absolute Gasteiger partial charge is 0.522 e. The highest BCUT2D eigenvalue weighted by molar-refractivity contribution is 8.13. The third kappa shape index (κ3) is 7.48. The zero-order valence-electron chi connectivity index (χ0n) is 5.97. The lowest BCUT2D eigenvalue weighted by Crippen LogP contribution is -2.17. The summed E-state index contributed by atoms with van der Waals surface area (Å²) < 4.78 is 37.5. The zero-order chi connectivity index (χ0) is 9.61. The fourth-order valence-corrected chi connectivity index (χ4v) is 0.791. The number of hydrogen-bond acceptors (Lipinski definition) is 4. The molecule has 0 aromatic heterocycles. The molecule has 0 saturated carbocycles. The van der Waals surface area contributed by atoms with Crippen molar-refractivity contribution in [3.05, 3.63) is 0 Å². The molecule has 0 heterocycles. The highest BCUT2D eigenvalue weighted by Crippen LogP contribution is 2.16. The van der Waals surface area contributed by atoms with Crippen LogP contribution in [-0.2, 0) is 4.74 Å². The van der Waals surface area contributed by atoms with Crippen LogP contribution in [0.4, 0.5) is 13.2 Å². The van der Waals surface area contributed by atoms with Gasteiger partial charge in [-0.1, -0.05) is 11.8 Å². The predicted molar refractivity (Wildman–Crippen MR) is 40.3 cm³/mol. The molecule has 0 aromatic carbocycles. The summed E-state index contributed by atoms with van der Waals surface area (Å²) in [7, 11) is 0. The van der Waals surface area contributed by atoms with Gasteiger partial charge in [0, 0.05) is 5.75 Å². The number of alkyl halides is 3. The summed E-state index contributed by atoms with van der Waals surface area (Å²) in [5, 5.41) is 3.07. The Bertz CT molecular complexity index is 160. The highest BCUT2D eigenvalue weighted by Gasteiger charge is 2.28. The van der Waals surface area contributed by atoms with E-state index in [1.165, 1.54) is 0 Å². The van der Waals surface area contributed by atoms with Crippen molar-refractivity contribution in [3.8, 4) is 0 Å². The molecule has 12 heavy (non-hydrogen) atoms. The second-order valence-electron chi connectivity index (χ2n) is 1.61. The van der Waals surface area contributed by atoms with Crippen LogP contribution in [0.15, 0.2) is 5.10 Å². The topological polar surface area (TPSA) is 73.6 Å². The van der Waals surface area contributed by atoms with Crippen LogP contribution in [0.1, 0.15) is 0 Å². The van der Waals surface area contributed by atoms with Gasteiger partial charge in [-0.25, -0.2) is 0 Å². The van der Waals surface area contributed by atoms with Gasteiger partial charge < -0.3 is 11.6 Å². The van der Waals surface area contributed by atoms with Gasteiger partial charge in [-0.05, 0) is 0 Å². The lowest BCUT2D eigenvalue weighted by Gasteiger charge is -2.05. The molecule has 0 rings (SSSR count). The van der Waals surface area contributed by atoms with E-state index >= 15 is 0 Å². The van der Waals surface area contributed by atoms with Crippen LogP contribution >= 0.6 is 11.8 Å². The van der Waals surface area contributed by atoms with Crippen LogP contribution in [0, 0.1) is 0 Å². The maximum atomic E-state index is 11.3. The molecule has 0 unspecified atom stereocenters. The minimum Gasteiger partial charge on any atom is -0.377 e. The molecule has 0 radical (unpaired) electrons. The number of nitrogens with two attached hydrogens (primary N) is 2. The molecular formula is C4H8F3N3OS. The van der Waals surface area contributed by atoms with E-state index in [0.29, 0.717) is 0 Å². The van der Waals surface area contributed by atoms with Gasteiger partial charge in [0.25, 0.3) is 0 Å². The lowest BCUT2D eigenvalue weighted by molar-refractivity contribution is -0.322. The molecule has 0 saturated heterocycles. The van der Waals surface area contributed by atoms with Gasteiger partial charge >= 0.3 is 6.36 Å². The number of halogens is 3. The van der Waals surface area contributed by atoms with Crippen LogP contribution in [0.3, 0.4) is 0 Å². The van der Waals surface area contributed by atoms with Crippen molar-refractivity contribution in [3.63, 3.8) is 0 Å². The summed E-state index contributed by atoms with van der Waals surface area (Å²) in [5.74, 6) is 4.78. The van der Waals surface area contributed by atoms with E-state index in [4.69, 9.17) is 11.6 Å². The first kappa shape index (κ1) is 11.4. The van der Waals surface area contributed by atoms with Crippen LogP contribution < -0.4 is 11.6 Å². The molecule has 0 atom stereocenters. The van der Waals surface area contributed by atoms with Gasteiger partial charge in [0.1, 0.15) is 0 Å². The van der Waals surface area contributed by atoms with Gasteiger partial charge in [0.15, 0.2) is 5.17 Å². The fourth-order valence-electron chi connectivity index (χ4n) is 0.341. The Morgan fingerprint density at radius 3 is 2.50 bits per heavy atom. The van der Waals surface area contributed by atoms with Gasteiger partial charge in [-0.2, -0.15) is 5.10 Å². The molecule has 0 aliphatic rings. The second kappa shape index (κ2) is 5.09. The average Bonchev–Trinajstić information content (AvgIpc) is 1.96. The van der Waals surface area contributed by atoms with E-state index in [1.54, 1.807) is 0 Å². The second-order valence-corrected chi connectivity index (χ2v) is 2.73. The quantitative estimate of drug-likeness (QED) is 0.229. The maximum absolute atomic E-state index is 11.3. The number of hydrogen-bond donors (Lipinski definition) is 2. The Morgan fingerprint density at radius 2 is 2.08 bits per heavy atom. The summed E-state index contributed by atoms with van der Waals surface area (Å²) in [6.07, 6.45) is -4.59. The van der Waals surface area contributed by atoms with Crippen molar-refractivity contribution in [2.75, 3.05) is 12.4 Å². The molecule has 0 aliphatic carbocycles. The molecule has 72 valence electrons. The van der Waals surface area contributed by atoms with Crippen molar-refractivity contribution >= 4 is 16.9 Å². The van der Waals surface area contributed by atoms with Crippen molar-refractivity contribution in [1.29, 1.82) is 0 Å². The molecule has 0 aromatic rings. The number of nitrogens with zero attached hydrogens (tertiary/aromatic N) is 1. The van der Waals surface area contributed by atoms with Crippen LogP contribution in [0.5, 0.6) is 0 Å². The first-order valence-corrected chi connectivity index (χ1v) is 3.81. The Morgan fingerprint density at radius 1 is 1.50 bits per heavy atom.